The summed E-state index contributed by atoms with van der Waals surface area (Å²) in [5.41, 5.74) is -0.0785. The molecule has 0 aliphatic heterocycles. The molecule has 0 aromatic heterocycles. The maximum Gasteiger partial charge on any atom is 0.0636 e. The molecule has 0 saturated carbocycles. The van der Waals surface area contributed by atoms with Crippen molar-refractivity contribution >= 4 is 0 Å². The molecular formula is C14H28O. The van der Waals surface area contributed by atoms with Crippen LogP contribution in [0.1, 0.15) is 61.3 Å². The van der Waals surface area contributed by atoms with Crippen LogP contribution in [-0.2, 0) is 4.74 Å². The van der Waals surface area contributed by atoms with E-state index in [2.05, 4.69) is 60.6 Å². The van der Waals surface area contributed by atoms with Gasteiger partial charge in [-0.15, -0.1) is 0 Å². The Morgan fingerprint density at radius 1 is 1.07 bits per heavy atom. The van der Waals surface area contributed by atoms with Gasteiger partial charge >= 0.3 is 0 Å². The molecule has 0 fully saturated rings. The first-order valence-corrected chi connectivity index (χ1v) is 5.99. The average Bonchev–Trinajstić information content (AvgIpc) is 1.93. The SMILES string of the molecule is CC(C)/C=C/CCC(C)(C)OC(C)(C)C. The zero-order valence-electron chi connectivity index (χ0n) is 11.6. The van der Waals surface area contributed by atoms with Crippen molar-refractivity contribution in [3.05, 3.63) is 12.2 Å². The second-order valence-corrected chi connectivity index (χ2v) is 6.18. The first kappa shape index (κ1) is 14.7. The van der Waals surface area contributed by atoms with Crippen LogP contribution in [0, 0.1) is 5.92 Å². The standard InChI is InChI=1S/C14H28O/c1-12(2)10-8-9-11-14(6,7)15-13(3,4)5/h8,10,12H,9,11H2,1-7H3/b10-8+. The van der Waals surface area contributed by atoms with Gasteiger partial charge in [-0.3, -0.25) is 0 Å². The highest BCUT2D eigenvalue weighted by Gasteiger charge is 2.24. The van der Waals surface area contributed by atoms with Gasteiger partial charge in [0.2, 0.25) is 0 Å². The number of rotatable bonds is 5. The highest BCUT2D eigenvalue weighted by Crippen LogP contribution is 2.24. The summed E-state index contributed by atoms with van der Waals surface area (Å²) < 4.78 is 6.00. The van der Waals surface area contributed by atoms with Gasteiger partial charge in [0, 0.05) is 0 Å². The van der Waals surface area contributed by atoms with E-state index in [-0.39, 0.29) is 11.2 Å². The summed E-state index contributed by atoms with van der Waals surface area (Å²) in [5, 5.41) is 0. The molecule has 0 bridgehead atoms. The Morgan fingerprint density at radius 2 is 1.60 bits per heavy atom. The predicted octanol–water partition coefficient (Wildman–Crippen LogP) is 4.57. The molecule has 0 heterocycles. The second kappa shape index (κ2) is 5.69. The van der Waals surface area contributed by atoms with Crippen LogP contribution < -0.4 is 0 Å². The zero-order chi connectivity index (χ0) is 12.1. The Balaban J connectivity index is 3.94. The summed E-state index contributed by atoms with van der Waals surface area (Å²) in [6.07, 6.45) is 6.69. The number of hydrogen-bond donors (Lipinski definition) is 0. The summed E-state index contributed by atoms with van der Waals surface area (Å²) in [4.78, 5) is 0. The Labute approximate surface area is 95.9 Å². The fourth-order valence-electron chi connectivity index (χ4n) is 1.68. The lowest BCUT2D eigenvalue weighted by Crippen LogP contribution is -2.34. The van der Waals surface area contributed by atoms with Crippen LogP contribution in [0.2, 0.25) is 0 Å². The Morgan fingerprint density at radius 3 is 2.00 bits per heavy atom. The van der Waals surface area contributed by atoms with Crippen molar-refractivity contribution in [3.8, 4) is 0 Å². The first-order valence-electron chi connectivity index (χ1n) is 5.99. The lowest BCUT2D eigenvalue weighted by atomic mass is 10.00. The smallest absolute Gasteiger partial charge is 0.0636 e. The van der Waals surface area contributed by atoms with E-state index in [1.54, 1.807) is 0 Å². The summed E-state index contributed by atoms with van der Waals surface area (Å²) >= 11 is 0. The third-order valence-electron chi connectivity index (χ3n) is 2.02. The fraction of sp³-hybridized carbons (Fsp3) is 0.857. The fourth-order valence-corrected chi connectivity index (χ4v) is 1.68. The predicted molar refractivity (Wildman–Crippen MR) is 68.1 cm³/mol. The molecule has 0 amide bonds. The second-order valence-electron chi connectivity index (χ2n) is 6.18. The minimum absolute atomic E-state index is 0.0282. The van der Waals surface area contributed by atoms with Gasteiger partial charge in [-0.05, 0) is 53.4 Å². The lowest BCUT2D eigenvalue weighted by Gasteiger charge is -2.33. The Hall–Kier alpha value is -0.300. The van der Waals surface area contributed by atoms with Crippen LogP contribution in [0.3, 0.4) is 0 Å². The monoisotopic (exact) mass is 212 g/mol. The molecule has 0 aromatic rings. The van der Waals surface area contributed by atoms with Gasteiger partial charge in [0.05, 0.1) is 11.2 Å². The van der Waals surface area contributed by atoms with E-state index >= 15 is 0 Å². The Kier molecular flexibility index (Phi) is 5.58. The van der Waals surface area contributed by atoms with E-state index in [1.165, 1.54) is 0 Å². The molecule has 0 saturated heterocycles. The van der Waals surface area contributed by atoms with E-state index in [0.29, 0.717) is 5.92 Å². The van der Waals surface area contributed by atoms with Crippen molar-refractivity contribution in [3.63, 3.8) is 0 Å². The zero-order valence-corrected chi connectivity index (χ0v) is 11.6. The van der Waals surface area contributed by atoms with Crippen LogP contribution in [-0.4, -0.2) is 11.2 Å². The van der Waals surface area contributed by atoms with E-state index in [1.807, 2.05) is 0 Å². The van der Waals surface area contributed by atoms with E-state index in [4.69, 9.17) is 4.74 Å². The average molecular weight is 212 g/mol. The summed E-state index contributed by atoms with van der Waals surface area (Å²) in [6, 6.07) is 0. The normalized spacial score (nSPS) is 14.1. The molecule has 0 aliphatic rings. The van der Waals surface area contributed by atoms with Crippen molar-refractivity contribution in [2.45, 2.75) is 72.5 Å². The summed E-state index contributed by atoms with van der Waals surface area (Å²) in [7, 11) is 0. The molecule has 0 radical (unpaired) electrons. The molecule has 0 atom stereocenters. The third-order valence-corrected chi connectivity index (χ3v) is 2.02. The van der Waals surface area contributed by atoms with Gasteiger partial charge in [-0.1, -0.05) is 26.0 Å². The van der Waals surface area contributed by atoms with Gasteiger partial charge in [0.15, 0.2) is 0 Å². The highest BCUT2D eigenvalue weighted by molar-refractivity contribution is 4.87. The number of hydrogen-bond acceptors (Lipinski definition) is 1. The van der Waals surface area contributed by atoms with Crippen molar-refractivity contribution in [2.24, 2.45) is 5.92 Å². The summed E-state index contributed by atoms with van der Waals surface area (Å²) in [6.45, 7) is 15.1. The molecule has 1 nitrogen and oxygen atoms in total. The third kappa shape index (κ3) is 9.99. The molecule has 0 spiro atoms. The minimum atomic E-state index is -0.0503. The van der Waals surface area contributed by atoms with Crippen LogP contribution in [0.5, 0.6) is 0 Å². The molecule has 15 heavy (non-hydrogen) atoms. The topological polar surface area (TPSA) is 9.23 Å². The lowest BCUT2D eigenvalue weighted by molar-refractivity contribution is -0.115. The van der Waals surface area contributed by atoms with Gasteiger partial charge in [-0.2, -0.15) is 0 Å². The van der Waals surface area contributed by atoms with Crippen LogP contribution >= 0.6 is 0 Å². The first-order chi connectivity index (χ1) is 6.62. The molecule has 0 N–H and O–H groups in total. The highest BCUT2D eigenvalue weighted by atomic mass is 16.5. The van der Waals surface area contributed by atoms with Gasteiger partial charge < -0.3 is 4.74 Å². The van der Waals surface area contributed by atoms with E-state index in [9.17, 15) is 0 Å². The van der Waals surface area contributed by atoms with Crippen molar-refractivity contribution in [1.29, 1.82) is 0 Å². The van der Waals surface area contributed by atoms with E-state index < -0.39 is 0 Å². The molecule has 0 aliphatic carbocycles. The maximum absolute atomic E-state index is 6.00. The molecule has 0 rings (SSSR count). The summed E-state index contributed by atoms with van der Waals surface area (Å²) in [5.74, 6) is 0.650. The van der Waals surface area contributed by atoms with E-state index in [0.717, 1.165) is 12.8 Å². The minimum Gasteiger partial charge on any atom is -0.370 e. The van der Waals surface area contributed by atoms with Crippen molar-refractivity contribution in [1.82, 2.24) is 0 Å². The van der Waals surface area contributed by atoms with Crippen LogP contribution in [0.15, 0.2) is 12.2 Å². The van der Waals surface area contributed by atoms with Gasteiger partial charge in [0.25, 0.3) is 0 Å². The molecule has 90 valence electrons. The van der Waals surface area contributed by atoms with Gasteiger partial charge in [-0.25, -0.2) is 0 Å². The van der Waals surface area contributed by atoms with Crippen LogP contribution in [0.4, 0.5) is 0 Å². The van der Waals surface area contributed by atoms with Crippen molar-refractivity contribution < 1.29 is 4.74 Å². The number of ether oxygens (including phenoxy) is 1. The molecule has 0 unspecified atom stereocenters. The van der Waals surface area contributed by atoms with Crippen LogP contribution in [0.25, 0.3) is 0 Å². The van der Waals surface area contributed by atoms with Gasteiger partial charge in [0.1, 0.15) is 0 Å². The largest absolute Gasteiger partial charge is 0.370 e. The molecule has 0 aromatic carbocycles. The molecular weight excluding hydrogens is 184 g/mol. The quantitative estimate of drug-likeness (QED) is 0.606. The number of allylic oxidation sites excluding steroid dienone is 2. The molecule has 1 heteroatoms. The Bertz CT molecular complexity index is 194. The maximum atomic E-state index is 6.00. The van der Waals surface area contributed by atoms with Crippen molar-refractivity contribution in [2.75, 3.05) is 0 Å².